The standard InChI is InChI=1S/C22H38O19S/c1-7-12(24)17(41-42(32,33)34)14(26)11(38-7)6-36-4-8-9(21(31)39-10(3-23)13(8)25)5-37-22-16(28)15(27)18(35-2)19(40-22)20(29)30/h7-19,21-28,31H,3-6H2,1-2H3,(H,29,30)(H,32,33,34). The molecule has 0 amide bonds. The highest BCUT2D eigenvalue weighted by Gasteiger charge is 2.51. The van der Waals surface area contributed by atoms with E-state index in [2.05, 4.69) is 4.18 Å². The van der Waals surface area contributed by atoms with Crippen LogP contribution in [0.1, 0.15) is 6.92 Å². The van der Waals surface area contributed by atoms with Crippen molar-refractivity contribution in [3.05, 3.63) is 0 Å². The van der Waals surface area contributed by atoms with Crippen LogP contribution in [0.15, 0.2) is 0 Å². The summed E-state index contributed by atoms with van der Waals surface area (Å²) in [4.78, 5) is 11.6. The van der Waals surface area contributed by atoms with E-state index in [9.17, 15) is 54.1 Å². The third-order valence-corrected chi connectivity index (χ3v) is 7.96. The second-order valence-electron chi connectivity index (χ2n) is 10.2. The Morgan fingerprint density at radius 3 is 2.05 bits per heavy atom. The number of aliphatic hydroxyl groups excluding tert-OH is 7. The number of aliphatic hydroxyl groups is 7. The van der Waals surface area contributed by atoms with Crippen molar-refractivity contribution in [1.29, 1.82) is 0 Å². The smallest absolute Gasteiger partial charge is 0.397 e. The molecule has 0 spiro atoms. The number of carboxylic acids is 1. The number of ether oxygens (including phenoxy) is 6. The van der Waals surface area contributed by atoms with E-state index in [0.29, 0.717) is 0 Å². The second kappa shape index (κ2) is 14.7. The number of rotatable bonds is 12. The van der Waals surface area contributed by atoms with Gasteiger partial charge in [-0.15, -0.1) is 0 Å². The van der Waals surface area contributed by atoms with Crippen molar-refractivity contribution in [2.45, 2.75) is 86.6 Å². The number of carbonyl (C=O) groups is 1. The van der Waals surface area contributed by atoms with E-state index in [-0.39, 0.29) is 0 Å². The van der Waals surface area contributed by atoms with E-state index in [0.717, 1.165) is 7.11 Å². The molecule has 246 valence electrons. The number of hydrogen-bond acceptors (Lipinski definition) is 17. The minimum absolute atomic E-state index is 0.403. The van der Waals surface area contributed by atoms with Gasteiger partial charge in [0.15, 0.2) is 18.7 Å². The van der Waals surface area contributed by atoms with Crippen molar-refractivity contribution < 1.29 is 91.2 Å². The third-order valence-electron chi connectivity index (χ3n) is 7.49. The maximum absolute atomic E-state index is 11.6. The Kier molecular flexibility index (Phi) is 12.4. The van der Waals surface area contributed by atoms with Crippen LogP contribution in [0.25, 0.3) is 0 Å². The summed E-state index contributed by atoms with van der Waals surface area (Å²) in [6.07, 6.45) is -20.3. The summed E-state index contributed by atoms with van der Waals surface area (Å²) in [6.45, 7) is -0.759. The van der Waals surface area contributed by atoms with Crippen molar-refractivity contribution in [2.75, 3.05) is 33.5 Å². The van der Waals surface area contributed by atoms with Gasteiger partial charge in [-0.2, -0.15) is 8.42 Å². The summed E-state index contributed by atoms with van der Waals surface area (Å²) < 4.78 is 67.6. The fraction of sp³-hybridized carbons (Fsp3) is 0.955. The molecule has 15 unspecified atom stereocenters. The predicted molar refractivity (Wildman–Crippen MR) is 130 cm³/mol. The lowest BCUT2D eigenvalue weighted by Crippen LogP contribution is -2.61. The van der Waals surface area contributed by atoms with Crippen LogP contribution in [0.4, 0.5) is 0 Å². The lowest BCUT2D eigenvalue weighted by atomic mass is 9.83. The molecular weight excluding hydrogens is 600 g/mol. The zero-order chi connectivity index (χ0) is 31.5. The van der Waals surface area contributed by atoms with Gasteiger partial charge in [0.1, 0.15) is 48.8 Å². The van der Waals surface area contributed by atoms with Gasteiger partial charge >= 0.3 is 16.4 Å². The van der Waals surface area contributed by atoms with Crippen LogP contribution in [-0.4, -0.2) is 173 Å². The Morgan fingerprint density at radius 1 is 0.810 bits per heavy atom. The Hall–Kier alpha value is -1.18. The fourth-order valence-electron chi connectivity index (χ4n) is 5.15. The molecule has 0 radical (unpaired) electrons. The molecular formula is C22H38O19S. The lowest BCUT2D eigenvalue weighted by Gasteiger charge is -2.44. The molecule has 3 aliphatic rings. The quantitative estimate of drug-likeness (QED) is 0.0901. The molecule has 0 aliphatic carbocycles. The van der Waals surface area contributed by atoms with Crippen molar-refractivity contribution in [3.8, 4) is 0 Å². The molecule has 15 atom stereocenters. The Labute approximate surface area is 240 Å². The average molecular weight is 639 g/mol. The summed E-state index contributed by atoms with van der Waals surface area (Å²) >= 11 is 0. The maximum atomic E-state index is 11.6. The largest absolute Gasteiger partial charge is 0.479 e. The van der Waals surface area contributed by atoms with Gasteiger partial charge in [-0.25, -0.2) is 8.98 Å². The van der Waals surface area contributed by atoms with Gasteiger partial charge in [-0.3, -0.25) is 4.55 Å². The first kappa shape index (κ1) is 35.3. The van der Waals surface area contributed by atoms with Crippen LogP contribution >= 0.6 is 0 Å². The predicted octanol–water partition coefficient (Wildman–Crippen LogP) is -5.43. The highest BCUT2D eigenvalue weighted by Crippen LogP contribution is 2.33. The minimum Gasteiger partial charge on any atom is -0.479 e. The Morgan fingerprint density at radius 2 is 1.48 bits per heavy atom. The maximum Gasteiger partial charge on any atom is 0.397 e. The molecule has 9 N–H and O–H groups in total. The highest BCUT2D eigenvalue weighted by atomic mass is 32.3. The van der Waals surface area contributed by atoms with Crippen molar-refractivity contribution in [3.63, 3.8) is 0 Å². The average Bonchev–Trinajstić information content (AvgIpc) is 2.91. The lowest BCUT2D eigenvalue weighted by molar-refractivity contribution is -0.316. The molecule has 0 saturated carbocycles. The van der Waals surface area contributed by atoms with Gasteiger partial charge in [0.25, 0.3) is 0 Å². The van der Waals surface area contributed by atoms with E-state index < -0.39 is 134 Å². The molecule has 19 nitrogen and oxygen atoms in total. The first-order chi connectivity index (χ1) is 19.6. The molecule has 3 saturated heterocycles. The molecule has 3 aliphatic heterocycles. The van der Waals surface area contributed by atoms with Gasteiger partial charge in [0.05, 0.1) is 38.6 Å². The zero-order valence-electron chi connectivity index (χ0n) is 22.5. The second-order valence-corrected chi connectivity index (χ2v) is 11.3. The Balaban J connectivity index is 1.68. The number of carboxylic acid groups (broad SMARTS) is 1. The first-order valence-corrected chi connectivity index (χ1v) is 14.2. The molecule has 3 fully saturated rings. The summed E-state index contributed by atoms with van der Waals surface area (Å²) in [6, 6.07) is 0. The SMILES string of the molecule is COC1C(C(=O)O)OC(OCC2C(O)OC(CO)C(O)C2COCC2OC(C)C(O)C(OS(=O)(=O)O)C2O)C(O)C1O. The molecule has 3 heterocycles. The van der Waals surface area contributed by atoms with Gasteiger partial charge in [0.2, 0.25) is 0 Å². The summed E-state index contributed by atoms with van der Waals surface area (Å²) in [7, 11) is -3.94. The van der Waals surface area contributed by atoms with E-state index >= 15 is 0 Å². The molecule has 42 heavy (non-hydrogen) atoms. The van der Waals surface area contributed by atoms with Crippen molar-refractivity contribution in [2.24, 2.45) is 11.8 Å². The Bertz CT molecular complexity index is 983. The highest BCUT2D eigenvalue weighted by molar-refractivity contribution is 7.80. The molecule has 0 bridgehead atoms. The minimum atomic E-state index is -5.05. The summed E-state index contributed by atoms with van der Waals surface area (Å²) in [5.74, 6) is -3.71. The van der Waals surface area contributed by atoms with Gasteiger partial charge in [0, 0.05) is 18.9 Å². The third kappa shape index (κ3) is 8.10. The van der Waals surface area contributed by atoms with Gasteiger partial charge < -0.3 is 69.3 Å². The topological polar surface area (TPSA) is 298 Å². The molecule has 0 aromatic rings. The van der Waals surface area contributed by atoms with Crippen LogP contribution in [0.3, 0.4) is 0 Å². The van der Waals surface area contributed by atoms with Crippen LogP contribution < -0.4 is 0 Å². The van der Waals surface area contributed by atoms with Crippen LogP contribution in [0, 0.1) is 11.8 Å². The first-order valence-electron chi connectivity index (χ1n) is 12.9. The molecule has 3 rings (SSSR count). The fourth-order valence-corrected chi connectivity index (χ4v) is 5.66. The molecule has 0 aromatic heterocycles. The zero-order valence-corrected chi connectivity index (χ0v) is 23.3. The summed E-state index contributed by atoms with van der Waals surface area (Å²) in [5.41, 5.74) is 0. The summed E-state index contributed by atoms with van der Waals surface area (Å²) in [5, 5.41) is 81.6. The number of aliphatic carboxylic acids is 1. The van der Waals surface area contributed by atoms with Gasteiger partial charge in [-0.1, -0.05) is 0 Å². The van der Waals surface area contributed by atoms with Gasteiger partial charge in [-0.05, 0) is 6.92 Å². The van der Waals surface area contributed by atoms with Crippen LogP contribution in [0.2, 0.25) is 0 Å². The van der Waals surface area contributed by atoms with Crippen LogP contribution in [0.5, 0.6) is 0 Å². The van der Waals surface area contributed by atoms with Crippen molar-refractivity contribution >= 4 is 16.4 Å². The van der Waals surface area contributed by atoms with E-state index in [1.54, 1.807) is 0 Å². The van der Waals surface area contributed by atoms with E-state index in [4.69, 9.17) is 33.0 Å². The normalized spacial score (nSPS) is 45.0. The monoisotopic (exact) mass is 638 g/mol. The molecule has 20 heteroatoms. The van der Waals surface area contributed by atoms with Crippen LogP contribution in [-0.2, 0) is 47.8 Å². The number of hydrogen-bond donors (Lipinski definition) is 9. The van der Waals surface area contributed by atoms with E-state index in [1.807, 2.05) is 0 Å². The van der Waals surface area contributed by atoms with Crippen molar-refractivity contribution in [1.82, 2.24) is 0 Å². The number of methoxy groups -OCH3 is 1. The van der Waals surface area contributed by atoms with E-state index in [1.165, 1.54) is 6.92 Å². The molecule has 0 aromatic carbocycles.